The van der Waals surface area contributed by atoms with Crippen LogP contribution in [-0.2, 0) is 11.2 Å². The molecule has 4 aromatic rings. The molecular weight excluding hydrogens is 338 g/mol. The normalized spacial score (nSPS) is 10.9. The summed E-state index contributed by atoms with van der Waals surface area (Å²) >= 11 is 0. The fourth-order valence-corrected chi connectivity index (χ4v) is 3.06. The van der Waals surface area contributed by atoms with E-state index in [2.05, 4.69) is 20.4 Å². The minimum absolute atomic E-state index is 0.0862. The molecule has 1 N–H and O–H groups in total. The van der Waals surface area contributed by atoms with Crippen molar-refractivity contribution in [2.24, 2.45) is 0 Å². The van der Waals surface area contributed by atoms with Gasteiger partial charge in [-0.25, -0.2) is 9.50 Å². The number of benzene rings is 2. The van der Waals surface area contributed by atoms with Gasteiger partial charge in [-0.05, 0) is 26.0 Å². The number of carbonyl (C=O) groups excluding carboxylic acids is 1. The number of amides is 1. The molecular formula is C21H19N5O. The summed E-state index contributed by atoms with van der Waals surface area (Å²) in [4.78, 5) is 21.5. The van der Waals surface area contributed by atoms with Crippen LogP contribution in [0.25, 0.3) is 17.2 Å². The number of aromatic nitrogens is 4. The minimum atomic E-state index is -0.0862. The standard InChI is InChI=1S/C21H19N5O/c1-14-18(13-19(27)23-17-11-7-4-8-12-17)15(2)26-21(22-14)24-20(25-26)16-9-5-3-6-10-16/h3-12H,13H2,1-2H3,(H,23,27). The molecule has 1 amide bonds. The lowest BCUT2D eigenvalue weighted by molar-refractivity contribution is -0.115. The van der Waals surface area contributed by atoms with Crippen molar-refractivity contribution in [2.45, 2.75) is 20.3 Å². The minimum Gasteiger partial charge on any atom is -0.326 e. The second-order valence-electron chi connectivity index (χ2n) is 6.37. The smallest absolute Gasteiger partial charge is 0.253 e. The molecule has 0 bridgehead atoms. The average Bonchev–Trinajstić information content (AvgIpc) is 3.11. The maximum Gasteiger partial charge on any atom is 0.253 e. The summed E-state index contributed by atoms with van der Waals surface area (Å²) in [6, 6.07) is 19.2. The van der Waals surface area contributed by atoms with Crippen LogP contribution < -0.4 is 5.32 Å². The number of rotatable bonds is 4. The van der Waals surface area contributed by atoms with Gasteiger partial charge in [0, 0.05) is 28.2 Å². The summed E-state index contributed by atoms with van der Waals surface area (Å²) in [5.74, 6) is 1.07. The zero-order chi connectivity index (χ0) is 18.8. The highest BCUT2D eigenvalue weighted by atomic mass is 16.1. The summed E-state index contributed by atoms with van der Waals surface area (Å²) in [6.45, 7) is 3.84. The summed E-state index contributed by atoms with van der Waals surface area (Å²) in [5, 5.41) is 7.50. The van der Waals surface area contributed by atoms with Crippen molar-refractivity contribution in [1.82, 2.24) is 19.6 Å². The number of hydrogen-bond acceptors (Lipinski definition) is 4. The number of carbonyl (C=O) groups is 1. The molecule has 0 aliphatic rings. The highest BCUT2D eigenvalue weighted by molar-refractivity contribution is 5.92. The predicted molar refractivity (Wildman–Crippen MR) is 104 cm³/mol. The molecule has 0 unspecified atom stereocenters. The fourth-order valence-electron chi connectivity index (χ4n) is 3.06. The molecule has 0 atom stereocenters. The van der Waals surface area contributed by atoms with Crippen molar-refractivity contribution < 1.29 is 4.79 Å². The first-order valence-corrected chi connectivity index (χ1v) is 8.75. The van der Waals surface area contributed by atoms with E-state index in [1.54, 1.807) is 4.52 Å². The summed E-state index contributed by atoms with van der Waals surface area (Å²) < 4.78 is 1.71. The molecule has 6 nitrogen and oxygen atoms in total. The van der Waals surface area contributed by atoms with Gasteiger partial charge >= 0.3 is 0 Å². The quantitative estimate of drug-likeness (QED) is 0.606. The topological polar surface area (TPSA) is 72.2 Å². The Morgan fingerprint density at radius 3 is 2.33 bits per heavy atom. The molecule has 0 saturated heterocycles. The summed E-state index contributed by atoms with van der Waals surface area (Å²) in [6.07, 6.45) is 0.232. The van der Waals surface area contributed by atoms with Gasteiger partial charge in [0.05, 0.1) is 6.42 Å². The van der Waals surface area contributed by atoms with Crippen molar-refractivity contribution in [1.29, 1.82) is 0 Å². The van der Waals surface area contributed by atoms with Gasteiger partial charge < -0.3 is 5.32 Å². The van der Waals surface area contributed by atoms with Crippen LogP contribution >= 0.6 is 0 Å². The second-order valence-corrected chi connectivity index (χ2v) is 6.37. The number of nitrogens with one attached hydrogen (secondary N) is 1. The Balaban J connectivity index is 1.66. The van der Waals surface area contributed by atoms with Gasteiger partial charge in [-0.1, -0.05) is 48.5 Å². The second kappa shape index (κ2) is 6.99. The van der Waals surface area contributed by atoms with Gasteiger partial charge in [0.1, 0.15) is 0 Å². The third kappa shape index (κ3) is 3.42. The van der Waals surface area contributed by atoms with Crippen molar-refractivity contribution in [3.63, 3.8) is 0 Å². The van der Waals surface area contributed by atoms with E-state index in [0.717, 1.165) is 28.2 Å². The van der Waals surface area contributed by atoms with Gasteiger partial charge in [-0.2, -0.15) is 4.98 Å². The molecule has 0 saturated carbocycles. The lowest BCUT2D eigenvalue weighted by Crippen LogP contribution is -2.17. The van der Waals surface area contributed by atoms with Gasteiger partial charge in [-0.15, -0.1) is 5.10 Å². The molecule has 0 fully saturated rings. The first-order valence-electron chi connectivity index (χ1n) is 8.75. The molecule has 4 rings (SSSR count). The number of anilines is 1. The molecule has 0 aliphatic carbocycles. The lowest BCUT2D eigenvalue weighted by atomic mass is 10.1. The third-order valence-electron chi connectivity index (χ3n) is 4.48. The zero-order valence-electron chi connectivity index (χ0n) is 15.2. The van der Waals surface area contributed by atoms with E-state index in [0.29, 0.717) is 11.6 Å². The van der Waals surface area contributed by atoms with E-state index in [-0.39, 0.29) is 12.3 Å². The molecule has 0 radical (unpaired) electrons. The van der Waals surface area contributed by atoms with Gasteiger partial charge in [0.25, 0.3) is 5.78 Å². The largest absolute Gasteiger partial charge is 0.326 e. The Kier molecular flexibility index (Phi) is 4.38. The maximum absolute atomic E-state index is 12.5. The zero-order valence-corrected chi connectivity index (χ0v) is 15.2. The first kappa shape index (κ1) is 16.9. The number of fused-ring (bicyclic) bond motifs is 1. The van der Waals surface area contributed by atoms with Gasteiger partial charge in [-0.3, -0.25) is 4.79 Å². The SMILES string of the molecule is Cc1nc2nc(-c3ccccc3)nn2c(C)c1CC(=O)Nc1ccccc1. The van der Waals surface area contributed by atoms with Crippen LogP contribution in [0.4, 0.5) is 5.69 Å². The molecule has 2 heterocycles. The highest BCUT2D eigenvalue weighted by Crippen LogP contribution is 2.19. The number of para-hydroxylation sites is 1. The van der Waals surface area contributed by atoms with Crippen LogP contribution in [0.1, 0.15) is 17.0 Å². The molecule has 2 aromatic carbocycles. The van der Waals surface area contributed by atoms with Crippen LogP contribution in [0.2, 0.25) is 0 Å². The van der Waals surface area contributed by atoms with Gasteiger partial charge in [0.2, 0.25) is 5.91 Å². The molecule has 134 valence electrons. The molecule has 2 aromatic heterocycles. The van der Waals surface area contributed by atoms with E-state index in [4.69, 9.17) is 0 Å². The highest BCUT2D eigenvalue weighted by Gasteiger charge is 2.16. The number of hydrogen-bond donors (Lipinski definition) is 1. The van der Waals surface area contributed by atoms with E-state index in [1.807, 2.05) is 74.5 Å². The van der Waals surface area contributed by atoms with Crippen molar-refractivity contribution in [2.75, 3.05) is 5.32 Å². The van der Waals surface area contributed by atoms with Crippen LogP contribution in [0, 0.1) is 13.8 Å². The monoisotopic (exact) mass is 357 g/mol. The number of aryl methyl sites for hydroxylation is 2. The van der Waals surface area contributed by atoms with Crippen LogP contribution in [0.5, 0.6) is 0 Å². The molecule has 0 spiro atoms. The Hall–Kier alpha value is -3.54. The maximum atomic E-state index is 12.5. The molecule has 6 heteroatoms. The molecule has 0 aliphatic heterocycles. The van der Waals surface area contributed by atoms with Crippen LogP contribution in [-0.4, -0.2) is 25.5 Å². The van der Waals surface area contributed by atoms with E-state index in [1.165, 1.54) is 0 Å². The first-order chi connectivity index (χ1) is 13.1. The van der Waals surface area contributed by atoms with Crippen molar-refractivity contribution in [3.8, 4) is 11.4 Å². The lowest BCUT2D eigenvalue weighted by Gasteiger charge is -2.10. The van der Waals surface area contributed by atoms with Gasteiger partial charge in [0.15, 0.2) is 5.82 Å². The predicted octanol–water partition coefficient (Wildman–Crippen LogP) is 3.59. The van der Waals surface area contributed by atoms with Crippen LogP contribution in [0.15, 0.2) is 60.7 Å². The van der Waals surface area contributed by atoms with E-state index in [9.17, 15) is 4.79 Å². The average molecular weight is 357 g/mol. The summed E-state index contributed by atoms with van der Waals surface area (Å²) in [7, 11) is 0. The van der Waals surface area contributed by atoms with Crippen molar-refractivity contribution in [3.05, 3.63) is 77.6 Å². The Morgan fingerprint density at radius 1 is 0.963 bits per heavy atom. The van der Waals surface area contributed by atoms with Crippen LogP contribution in [0.3, 0.4) is 0 Å². The molecule has 27 heavy (non-hydrogen) atoms. The Bertz CT molecular complexity index is 1100. The Morgan fingerprint density at radius 2 is 1.63 bits per heavy atom. The Labute approximate surface area is 156 Å². The van der Waals surface area contributed by atoms with E-state index < -0.39 is 0 Å². The fraction of sp³-hybridized carbons (Fsp3) is 0.143. The number of nitrogens with zero attached hydrogens (tertiary/aromatic N) is 4. The van der Waals surface area contributed by atoms with Crippen molar-refractivity contribution >= 4 is 17.4 Å². The van der Waals surface area contributed by atoms with E-state index >= 15 is 0 Å². The third-order valence-corrected chi connectivity index (χ3v) is 4.48. The summed E-state index contributed by atoms with van der Waals surface area (Å²) in [5.41, 5.74) is 4.23.